The molecule has 0 aliphatic rings. The van der Waals surface area contributed by atoms with Gasteiger partial charge in [0.25, 0.3) is 0 Å². The van der Waals surface area contributed by atoms with Gasteiger partial charge in [-0.15, -0.1) is 0 Å². The van der Waals surface area contributed by atoms with E-state index in [1.165, 1.54) is 12.1 Å². The van der Waals surface area contributed by atoms with Crippen LogP contribution in [0.15, 0.2) is 146 Å². The average Bonchev–Trinajstić information content (AvgIpc) is 3.59. The normalized spacial score (nSPS) is 13.0. The van der Waals surface area contributed by atoms with Gasteiger partial charge in [0.2, 0.25) is 0 Å². The molecule has 0 amide bonds. The minimum absolute atomic E-state index is 0.0319. The number of hydrogen-bond acceptors (Lipinski definition) is 3. The summed E-state index contributed by atoms with van der Waals surface area (Å²) >= 11 is 0. The third-order valence-corrected chi connectivity index (χ3v) is 14.3. The number of nitrogens with zero attached hydrogens (tertiary/aromatic N) is 2. The molecule has 5 aromatic carbocycles. The molecular formula is C42H43FN2O2Si. The molecule has 244 valence electrons. The maximum Gasteiger partial charge on any atom is 0.192 e. The van der Waals surface area contributed by atoms with Crippen LogP contribution in [0.1, 0.15) is 60.3 Å². The summed E-state index contributed by atoms with van der Waals surface area (Å²) in [6.07, 6.45) is 2.84. The zero-order chi connectivity index (χ0) is 33.9. The Morgan fingerprint density at radius 3 is 1.81 bits per heavy atom. The van der Waals surface area contributed by atoms with Crippen LogP contribution in [-0.4, -0.2) is 23.0 Å². The van der Waals surface area contributed by atoms with Crippen molar-refractivity contribution in [2.75, 3.05) is 0 Å². The van der Waals surface area contributed by atoms with Gasteiger partial charge in [0.15, 0.2) is 8.32 Å². The molecule has 0 spiro atoms. The van der Waals surface area contributed by atoms with E-state index in [4.69, 9.17) is 9.41 Å². The maximum atomic E-state index is 15.0. The molecule has 0 aliphatic carbocycles. The third kappa shape index (κ3) is 6.44. The smallest absolute Gasteiger partial charge is 0.192 e. The van der Waals surface area contributed by atoms with Gasteiger partial charge >= 0.3 is 0 Å². The number of aliphatic hydroxyl groups is 1. The standard InChI is InChI=1S/C42H43FN2O2Si/c1-41(2,3)48(4,5)47-29-31-25-32(27-36(43)26-31)40(46)38-24-16-15-23-37(38)39-28-45(30-44-39)42(33-17-9-6-10-18-33,34-19-11-7-12-20-34)35-21-13-8-14-22-35/h6-28,30,40,46H,29H2,1-5H3. The molecule has 0 saturated carbocycles. The van der Waals surface area contributed by atoms with Gasteiger partial charge in [-0.05, 0) is 63.6 Å². The van der Waals surface area contributed by atoms with E-state index in [2.05, 4.69) is 111 Å². The fraction of sp³-hybridized carbons (Fsp3) is 0.214. The third-order valence-electron chi connectivity index (χ3n) is 9.78. The summed E-state index contributed by atoms with van der Waals surface area (Å²) in [5, 5.41) is 11.8. The summed E-state index contributed by atoms with van der Waals surface area (Å²) in [5.41, 5.74) is 5.85. The number of hydrogen-bond donors (Lipinski definition) is 1. The number of aromatic nitrogens is 2. The van der Waals surface area contributed by atoms with E-state index < -0.39 is 25.8 Å². The van der Waals surface area contributed by atoms with E-state index in [1.54, 1.807) is 0 Å². The highest BCUT2D eigenvalue weighted by Crippen LogP contribution is 2.42. The summed E-state index contributed by atoms with van der Waals surface area (Å²) in [4.78, 5) is 4.94. The zero-order valence-corrected chi connectivity index (χ0v) is 29.3. The van der Waals surface area contributed by atoms with Crippen molar-refractivity contribution in [1.29, 1.82) is 0 Å². The van der Waals surface area contributed by atoms with Crippen LogP contribution in [0.25, 0.3) is 11.3 Å². The van der Waals surface area contributed by atoms with E-state index in [9.17, 15) is 5.11 Å². The van der Waals surface area contributed by atoms with Gasteiger partial charge in [-0.25, -0.2) is 9.37 Å². The molecule has 1 N–H and O–H groups in total. The lowest BCUT2D eigenvalue weighted by Crippen LogP contribution is -2.40. The Morgan fingerprint density at radius 2 is 1.27 bits per heavy atom. The Bertz CT molecular complexity index is 1870. The molecule has 6 aromatic rings. The highest BCUT2D eigenvalue weighted by molar-refractivity contribution is 6.74. The largest absolute Gasteiger partial charge is 0.413 e. The van der Waals surface area contributed by atoms with Crippen LogP contribution in [0.4, 0.5) is 4.39 Å². The first kappa shape index (κ1) is 33.3. The average molecular weight is 655 g/mol. The molecule has 48 heavy (non-hydrogen) atoms. The predicted molar refractivity (Wildman–Crippen MR) is 195 cm³/mol. The summed E-state index contributed by atoms with van der Waals surface area (Å²) < 4.78 is 23.6. The molecule has 6 heteroatoms. The van der Waals surface area contributed by atoms with Gasteiger partial charge < -0.3 is 14.1 Å². The summed E-state index contributed by atoms with van der Waals surface area (Å²) in [6, 6.07) is 43.7. The van der Waals surface area contributed by atoms with Gasteiger partial charge in [-0.2, -0.15) is 0 Å². The van der Waals surface area contributed by atoms with Crippen molar-refractivity contribution < 1.29 is 13.9 Å². The van der Waals surface area contributed by atoms with Gasteiger partial charge in [-0.3, -0.25) is 0 Å². The molecule has 6 rings (SSSR count). The second-order valence-electron chi connectivity index (χ2n) is 13.9. The van der Waals surface area contributed by atoms with Crippen LogP contribution in [0.3, 0.4) is 0 Å². The first-order chi connectivity index (χ1) is 23.0. The van der Waals surface area contributed by atoms with Crippen molar-refractivity contribution >= 4 is 8.32 Å². The van der Waals surface area contributed by atoms with Gasteiger partial charge in [0.1, 0.15) is 17.5 Å². The molecule has 1 atom stereocenters. The van der Waals surface area contributed by atoms with Crippen LogP contribution in [0.5, 0.6) is 0 Å². The monoisotopic (exact) mass is 654 g/mol. The fourth-order valence-corrected chi connectivity index (χ4v) is 7.14. The zero-order valence-electron chi connectivity index (χ0n) is 28.3. The number of aliphatic hydroxyl groups excluding tert-OH is 1. The van der Waals surface area contributed by atoms with Crippen molar-refractivity contribution in [1.82, 2.24) is 9.55 Å². The number of rotatable bonds is 10. The van der Waals surface area contributed by atoms with E-state index in [-0.39, 0.29) is 5.04 Å². The topological polar surface area (TPSA) is 47.3 Å². The van der Waals surface area contributed by atoms with E-state index in [0.717, 1.165) is 22.3 Å². The maximum absolute atomic E-state index is 15.0. The SMILES string of the molecule is CC(C)(C)[Si](C)(C)OCc1cc(F)cc(C(O)c2ccccc2-c2cn(C(c3ccccc3)(c3ccccc3)c3ccccc3)cn2)c1. The van der Waals surface area contributed by atoms with Crippen LogP contribution >= 0.6 is 0 Å². The lowest BCUT2D eigenvalue weighted by atomic mass is 9.76. The van der Waals surface area contributed by atoms with Gasteiger partial charge in [0, 0.05) is 11.8 Å². The van der Waals surface area contributed by atoms with Crippen LogP contribution in [-0.2, 0) is 16.6 Å². The molecule has 0 fully saturated rings. The van der Waals surface area contributed by atoms with Crippen molar-refractivity contribution in [3.8, 4) is 11.3 Å². The van der Waals surface area contributed by atoms with Crippen LogP contribution in [0.2, 0.25) is 18.1 Å². The van der Waals surface area contributed by atoms with Gasteiger partial charge in [0.05, 0.1) is 18.6 Å². The Hall–Kier alpha value is -4.62. The summed E-state index contributed by atoms with van der Waals surface area (Å²) in [7, 11) is -2.05. The predicted octanol–water partition coefficient (Wildman–Crippen LogP) is 10.1. The van der Waals surface area contributed by atoms with Crippen molar-refractivity contribution in [2.24, 2.45) is 0 Å². The second-order valence-corrected chi connectivity index (χ2v) is 18.7. The molecule has 0 bridgehead atoms. The van der Waals surface area contributed by atoms with Crippen LogP contribution < -0.4 is 0 Å². The Labute approximate surface area is 284 Å². The van der Waals surface area contributed by atoms with E-state index in [0.29, 0.717) is 29.0 Å². The lowest BCUT2D eigenvalue weighted by Gasteiger charge is -2.37. The minimum atomic E-state index is -2.05. The molecule has 0 aliphatic heterocycles. The Kier molecular flexibility index (Phi) is 9.34. The van der Waals surface area contributed by atoms with Crippen LogP contribution in [0, 0.1) is 5.82 Å². The fourth-order valence-electron chi connectivity index (χ4n) is 6.18. The lowest BCUT2D eigenvalue weighted by molar-refractivity contribution is 0.219. The van der Waals surface area contributed by atoms with Crippen molar-refractivity contribution in [3.05, 3.63) is 185 Å². The van der Waals surface area contributed by atoms with Crippen molar-refractivity contribution in [3.63, 3.8) is 0 Å². The molecule has 1 unspecified atom stereocenters. The summed E-state index contributed by atoms with van der Waals surface area (Å²) in [5.74, 6) is -0.402. The van der Waals surface area contributed by atoms with E-state index >= 15 is 4.39 Å². The van der Waals surface area contributed by atoms with Crippen molar-refractivity contribution in [2.45, 2.75) is 57.2 Å². The quantitative estimate of drug-likeness (QED) is 0.118. The minimum Gasteiger partial charge on any atom is -0.413 e. The van der Waals surface area contributed by atoms with Gasteiger partial charge in [-0.1, -0.05) is 142 Å². The van der Waals surface area contributed by atoms with E-state index in [1.807, 2.05) is 61.1 Å². The summed E-state index contributed by atoms with van der Waals surface area (Å²) in [6.45, 7) is 11.2. The highest BCUT2D eigenvalue weighted by atomic mass is 28.4. The first-order valence-electron chi connectivity index (χ1n) is 16.4. The first-order valence-corrected chi connectivity index (χ1v) is 19.3. The molecule has 0 radical (unpaired) electrons. The number of imidazole rings is 1. The second kappa shape index (κ2) is 13.5. The highest BCUT2D eigenvalue weighted by Gasteiger charge is 2.39. The Morgan fingerprint density at radius 1 is 0.750 bits per heavy atom. The molecule has 1 aromatic heterocycles. The molecular weight excluding hydrogens is 612 g/mol. The molecule has 0 saturated heterocycles. The Balaban J connectivity index is 1.43. The number of halogens is 1. The molecule has 4 nitrogen and oxygen atoms in total. The number of benzene rings is 5. The molecule has 1 heterocycles.